The summed E-state index contributed by atoms with van der Waals surface area (Å²) in [5, 5.41) is 9.73. The smallest absolute Gasteiger partial charge is 0.306 e. The van der Waals surface area contributed by atoms with Crippen LogP contribution in [0.4, 0.5) is 0 Å². The van der Waals surface area contributed by atoms with E-state index in [0.717, 1.165) is 44.9 Å². The van der Waals surface area contributed by atoms with E-state index in [-0.39, 0.29) is 25.2 Å². The van der Waals surface area contributed by atoms with Crippen LogP contribution >= 0.6 is 0 Å². The van der Waals surface area contributed by atoms with Gasteiger partial charge in [0.1, 0.15) is 6.61 Å². The maximum atomic E-state index is 12.4. The molecule has 0 bridgehead atoms. The maximum absolute atomic E-state index is 12.4. The van der Waals surface area contributed by atoms with Crippen LogP contribution in [-0.4, -0.2) is 36.4 Å². The first-order valence-electron chi connectivity index (χ1n) is 40.5. The zero-order valence-electron chi connectivity index (χ0n) is 60.0. The molecule has 0 amide bonds. The molecule has 88 heavy (non-hydrogen) atoms. The number of carbonyl (C=O) groups is 2. The lowest BCUT2D eigenvalue weighted by Crippen LogP contribution is -2.28. The first kappa shape index (κ1) is 86.1. The Bertz CT molecular complexity index is 1400. The summed E-state index contributed by atoms with van der Waals surface area (Å²) in [5.74, 6) is -0.560. The molecule has 1 unspecified atom stereocenters. The van der Waals surface area contributed by atoms with Crippen LogP contribution in [0.1, 0.15) is 463 Å². The number of rotatable bonds is 77. The third-order valence-electron chi connectivity index (χ3n) is 18.9. The second-order valence-corrected chi connectivity index (χ2v) is 27.9. The largest absolute Gasteiger partial charge is 0.462 e. The van der Waals surface area contributed by atoms with Gasteiger partial charge in [-0.25, -0.2) is 0 Å². The minimum Gasteiger partial charge on any atom is -0.462 e. The van der Waals surface area contributed by atoms with Crippen LogP contribution in [-0.2, 0) is 19.1 Å². The second kappa shape index (κ2) is 79.4. The summed E-state index contributed by atoms with van der Waals surface area (Å²) in [6.07, 6.45) is 107. The molecule has 0 aromatic carbocycles. The van der Waals surface area contributed by atoms with Crippen LogP contribution in [0.15, 0.2) is 36.5 Å². The van der Waals surface area contributed by atoms with Crippen molar-refractivity contribution < 1.29 is 24.2 Å². The lowest BCUT2D eigenvalue weighted by molar-refractivity contribution is -0.161. The lowest BCUT2D eigenvalue weighted by Gasteiger charge is -2.15. The summed E-state index contributed by atoms with van der Waals surface area (Å²) >= 11 is 0. The van der Waals surface area contributed by atoms with E-state index in [1.54, 1.807) is 0 Å². The van der Waals surface area contributed by atoms with Crippen LogP contribution in [0.25, 0.3) is 0 Å². The number of allylic oxidation sites excluding steroid dienone is 6. The van der Waals surface area contributed by atoms with Crippen molar-refractivity contribution >= 4 is 11.9 Å². The Morgan fingerprint density at radius 3 is 0.682 bits per heavy atom. The highest BCUT2D eigenvalue weighted by atomic mass is 16.6. The molecule has 0 aromatic heterocycles. The average Bonchev–Trinajstić information content (AvgIpc) is 3.54. The third-order valence-corrected chi connectivity index (χ3v) is 18.9. The van der Waals surface area contributed by atoms with Crippen LogP contribution in [0.3, 0.4) is 0 Å². The van der Waals surface area contributed by atoms with Crippen molar-refractivity contribution in [1.82, 2.24) is 0 Å². The second-order valence-electron chi connectivity index (χ2n) is 27.9. The van der Waals surface area contributed by atoms with E-state index >= 15 is 0 Å². The number of esters is 2. The fourth-order valence-electron chi connectivity index (χ4n) is 12.9. The maximum Gasteiger partial charge on any atom is 0.306 e. The number of ether oxygens (including phenoxy) is 2. The van der Waals surface area contributed by atoms with Gasteiger partial charge in [0.2, 0.25) is 0 Å². The molecule has 0 heterocycles. The van der Waals surface area contributed by atoms with E-state index in [2.05, 4.69) is 50.3 Å². The fourth-order valence-corrected chi connectivity index (χ4v) is 12.9. The van der Waals surface area contributed by atoms with Crippen molar-refractivity contribution in [2.24, 2.45) is 0 Å². The molecule has 0 saturated heterocycles. The highest BCUT2D eigenvalue weighted by Gasteiger charge is 2.16. The Morgan fingerprint density at radius 2 is 0.455 bits per heavy atom. The summed E-state index contributed by atoms with van der Waals surface area (Å²) in [6.45, 7) is 4.21. The Morgan fingerprint density at radius 1 is 0.261 bits per heavy atom. The standard InChI is InChI=1S/C83H158O5/c1-3-5-7-9-11-13-15-17-19-21-23-25-27-29-31-33-35-37-39-40-41-42-44-46-48-50-52-54-56-58-60-62-64-66-68-70-72-74-76-78-83(86)88-81(79-84)80-87-82(85)77-75-73-71-69-67-65-63-61-59-57-55-53-51-49-47-45-43-38-36-34-32-30-28-26-24-22-20-18-16-14-12-10-8-6-4-2/h15,17,21,23,27,29,81,84H,3-14,16,18-20,22,24-26,28,30-80H2,1-2H3/b17-15-,23-21-,29-27-. The molecule has 0 aliphatic carbocycles. The van der Waals surface area contributed by atoms with Gasteiger partial charge in [-0.15, -0.1) is 0 Å². The Labute approximate surface area is 552 Å². The van der Waals surface area contributed by atoms with Gasteiger partial charge in [-0.2, -0.15) is 0 Å². The number of aliphatic hydroxyl groups is 1. The van der Waals surface area contributed by atoms with Gasteiger partial charge in [0.05, 0.1) is 6.61 Å². The summed E-state index contributed by atoms with van der Waals surface area (Å²) in [4.78, 5) is 24.7. The SMILES string of the molecule is CCCCCCC/C=C\C/C=C\C/C=C\CCCCCCCCCCCCCCCCCCCCCCCCCCC(=O)OC(CO)COC(=O)CCCCCCCCCCCCCCCCCCCCCCCCCCCCCCCCCCCCC. The average molecular weight is 1240 g/mol. The first-order valence-corrected chi connectivity index (χ1v) is 40.5. The molecule has 0 fully saturated rings. The number of hydrogen-bond acceptors (Lipinski definition) is 5. The minimum atomic E-state index is -0.769. The van der Waals surface area contributed by atoms with Gasteiger partial charge >= 0.3 is 11.9 Å². The zero-order chi connectivity index (χ0) is 63.3. The van der Waals surface area contributed by atoms with Crippen LogP contribution in [0.5, 0.6) is 0 Å². The van der Waals surface area contributed by atoms with Crippen molar-refractivity contribution in [3.63, 3.8) is 0 Å². The molecule has 0 aromatic rings. The molecular formula is C83H158O5. The van der Waals surface area contributed by atoms with Crippen molar-refractivity contribution in [1.29, 1.82) is 0 Å². The van der Waals surface area contributed by atoms with E-state index in [0.29, 0.717) is 12.8 Å². The molecule has 520 valence electrons. The van der Waals surface area contributed by atoms with Gasteiger partial charge in [0.15, 0.2) is 6.10 Å². The Hall–Kier alpha value is -1.88. The van der Waals surface area contributed by atoms with E-state index in [1.807, 2.05) is 0 Å². The van der Waals surface area contributed by atoms with Gasteiger partial charge < -0.3 is 14.6 Å². The molecule has 0 aliphatic rings. The topological polar surface area (TPSA) is 72.8 Å². The van der Waals surface area contributed by atoms with Crippen LogP contribution in [0.2, 0.25) is 0 Å². The van der Waals surface area contributed by atoms with Gasteiger partial charge in [0, 0.05) is 12.8 Å². The molecule has 1 atom stereocenters. The molecule has 5 nitrogen and oxygen atoms in total. The Kier molecular flexibility index (Phi) is 77.7. The molecule has 0 saturated carbocycles. The summed E-state index contributed by atoms with van der Waals surface area (Å²) in [6, 6.07) is 0. The van der Waals surface area contributed by atoms with Gasteiger partial charge in [-0.3, -0.25) is 9.59 Å². The predicted molar refractivity (Wildman–Crippen MR) is 390 cm³/mol. The van der Waals surface area contributed by atoms with E-state index < -0.39 is 6.10 Å². The number of aliphatic hydroxyl groups excluding tert-OH is 1. The third kappa shape index (κ3) is 76.6. The molecule has 0 aliphatic heterocycles. The van der Waals surface area contributed by atoms with E-state index in [1.165, 1.54) is 392 Å². The summed E-state index contributed by atoms with van der Waals surface area (Å²) in [7, 11) is 0. The van der Waals surface area contributed by atoms with Crippen molar-refractivity contribution in [2.75, 3.05) is 13.2 Å². The van der Waals surface area contributed by atoms with Gasteiger partial charge in [-0.1, -0.05) is 436 Å². The van der Waals surface area contributed by atoms with Gasteiger partial charge in [0.25, 0.3) is 0 Å². The summed E-state index contributed by atoms with van der Waals surface area (Å²) < 4.78 is 10.8. The molecule has 0 rings (SSSR count). The van der Waals surface area contributed by atoms with Crippen LogP contribution < -0.4 is 0 Å². The predicted octanol–water partition coefficient (Wildman–Crippen LogP) is 28.4. The molecule has 0 spiro atoms. The quantitative estimate of drug-likeness (QED) is 0.0373. The molecular weight excluding hydrogens is 1080 g/mol. The lowest BCUT2D eigenvalue weighted by atomic mass is 10.0. The minimum absolute atomic E-state index is 0.0576. The van der Waals surface area contributed by atoms with Crippen molar-refractivity contribution in [3.05, 3.63) is 36.5 Å². The van der Waals surface area contributed by atoms with Crippen LogP contribution in [0, 0.1) is 0 Å². The van der Waals surface area contributed by atoms with E-state index in [9.17, 15) is 14.7 Å². The zero-order valence-corrected chi connectivity index (χ0v) is 60.0. The van der Waals surface area contributed by atoms with Gasteiger partial charge in [-0.05, 0) is 51.4 Å². The van der Waals surface area contributed by atoms with E-state index in [4.69, 9.17) is 9.47 Å². The fraction of sp³-hybridized carbons (Fsp3) is 0.904. The molecule has 5 heteroatoms. The number of hydrogen-bond donors (Lipinski definition) is 1. The molecule has 1 N–H and O–H groups in total. The van der Waals surface area contributed by atoms with Crippen molar-refractivity contribution in [2.45, 2.75) is 469 Å². The molecule has 0 radical (unpaired) electrons. The summed E-state index contributed by atoms with van der Waals surface area (Å²) in [5.41, 5.74) is 0. The number of carbonyl (C=O) groups excluding carboxylic acids is 2. The highest BCUT2D eigenvalue weighted by Crippen LogP contribution is 2.20. The number of unbranched alkanes of at least 4 members (excludes halogenated alkanes) is 63. The van der Waals surface area contributed by atoms with Crippen molar-refractivity contribution in [3.8, 4) is 0 Å². The monoisotopic (exact) mass is 1240 g/mol. The highest BCUT2D eigenvalue weighted by molar-refractivity contribution is 5.70. The normalized spacial score (nSPS) is 12.3. The Balaban J connectivity index is 3.35. The first-order chi connectivity index (χ1) is 43.6.